The van der Waals surface area contributed by atoms with Crippen molar-refractivity contribution in [2.24, 2.45) is 0 Å². The van der Waals surface area contributed by atoms with E-state index >= 15 is 0 Å². The van der Waals surface area contributed by atoms with Gasteiger partial charge in [0.25, 0.3) is 0 Å². The van der Waals surface area contributed by atoms with Crippen LogP contribution in [0.4, 0.5) is 0 Å². The topological polar surface area (TPSA) is 40.8 Å². The molecule has 0 bridgehead atoms. The molecule has 2 atom stereocenters. The first-order chi connectivity index (χ1) is 11.1. The van der Waals surface area contributed by atoms with Gasteiger partial charge in [-0.15, -0.1) is 0 Å². The van der Waals surface area contributed by atoms with Crippen LogP contribution in [0.1, 0.15) is 46.3 Å². The summed E-state index contributed by atoms with van der Waals surface area (Å²) in [4.78, 5) is 0. The van der Waals surface area contributed by atoms with Gasteiger partial charge in [-0.25, -0.2) is 0 Å². The van der Waals surface area contributed by atoms with Crippen LogP contribution in [0.15, 0.2) is 16.7 Å². The molecule has 1 saturated heterocycles. The van der Waals surface area contributed by atoms with Crippen LogP contribution >= 0.6 is 0 Å². The zero-order valence-electron chi connectivity index (χ0n) is 17.6. The molecular weight excluding hydrogens is 348 g/mol. The second-order valence-electron chi connectivity index (χ2n) is 10.1. The zero-order valence-corrected chi connectivity index (χ0v) is 19.6. The van der Waals surface area contributed by atoms with Crippen molar-refractivity contribution in [2.75, 3.05) is 6.61 Å². The summed E-state index contributed by atoms with van der Waals surface area (Å²) in [6, 6.07) is 2.07. The smallest absolute Gasteiger partial charge is 0.193 e. The Morgan fingerprint density at radius 1 is 1.16 bits per heavy atom. The molecular formula is C19H36O4Si2. The molecule has 6 heteroatoms. The van der Waals surface area contributed by atoms with Crippen molar-refractivity contribution in [3.05, 3.63) is 17.9 Å². The summed E-state index contributed by atoms with van der Waals surface area (Å²) in [5, 5.41) is 1.23. The standard InChI is InChI=1S/C19H36O4Si2/c1-18(2,3)25(9,10)23-16(15-13-21-19(4,5)22-15)14-11-12-20-17(14)24(6,7)8/h11-12,15-16H,13H2,1-10H3/t15-,16-/m1/s1. The molecule has 0 amide bonds. The van der Waals surface area contributed by atoms with Gasteiger partial charge in [-0.3, -0.25) is 0 Å². The maximum Gasteiger partial charge on any atom is 0.193 e. The van der Waals surface area contributed by atoms with Crippen LogP contribution < -0.4 is 5.38 Å². The first kappa shape index (κ1) is 20.9. The summed E-state index contributed by atoms with van der Waals surface area (Å²) in [7, 11) is -3.61. The summed E-state index contributed by atoms with van der Waals surface area (Å²) < 4.78 is 24.8. The Balaban J connectivity index is 2.43. The number of hydrogen-bond donors (Lipinski definition) is 0. The van der Waals surface area contributed by atoms with E-state index in [4.69, 9.17) is 18.3 Å². The maximum atomic E-state index is 6.86. The molecule has 1 fully saturated rings. The van der Waals surface area contributed by atoms with Crippen LogP contribution in [0.3, 0.4) is 0 Å². The van der Waals surface area contributed by atoms with Crippen LogP contribution in [-0.4, -0.2) is 34.9 Å². The average molecular weight is 385 g/mol. The van der Waals surface area contributed by atoms with Gasteiger partial charge in [0.05, 0.1) is 18.3 Å². The molecule has 0 spiro atoms. The first-order valence-electron chi connectivity index (χ1n) is 9.21. The van der Waals surface area contributed by atoms with Crippen LogP contribution in [0.25, 0.3) is 0 Å². The molecule has 1 aromatic heterocycles. The lowest BCUT2D eigenvalue weighted by atomic mass is 10.1. The fourth-order valence-corrected chi connectivity index (χ4v) is 5.63. The highest BCUT2D eigenvalue weighted by Crippen LogP contribution is 2.42. The summed E-state index contributed by atoms with van der Waals surface area (Å²) in [5.74, 6) is -0.567. The van der Waals surface area contributed by atoms with Gasteiger partial charge in [-0.1, -0.05) is 40.4 Å². The van der Waals surface area contributed by atoms with Crippen LogP contribution in [0.5, 0.6) is 0 Å². The molecule has 0 unspecified atom stereocenters. The third-order valence-corrected chi connectivity index (χ3v) is 11.5. The lowest BCUT2D eigenvalue weighted by Crippen LogP contribution is -2.47. The van der Waals surface area contributed by atoms with E-state index in [1.165, 1.54) is 0 Å². The third-order valence-electron chi connectivity index (χ3n) is 5.28. The monoisotopic (exact) mass is 384 g/mol. The summed E-state index contributed by atoms with van der Waals surface area (Å²) in [5.41, 5.74) is 1.15. The highest BCUT2D eigenvalue weighted by molar-refractivity contribution is 6.88. The van der Waals surface area contributed by atoms with Gasteiger partial charge >= 0.3 is 0 Å². The van der Waals surface area contributed by atoms with Crippen molar-refractivity contribution in [1.82, 2.24) is 0 Å². The Morgan fingerprint density at radius 2 is 1.76 bits per heavy atom. The molecule has 0 saturated carbocycles. The Labute approximate surface area is 155 Å². The van der Waals surface area contributed by atoms with Crippen molar-refractivity contribution in [3.8, 4) is 0 Å². The number of hydrogen-bond acceptors (Lipinski definition) is 4. The maximum absolute atomic E-state index is 6.86. The van der Waals surface area contributed by atoms with Crippen LogP contribution in [0.2, 0.25) is 37.8 Å². The fraction of sp³-hybridized carbons (Fsp3) is 0.789. The van der Waals surface area contributed by atoms with Gasteiger partial charge in [0.2, 0.25) is 0 Å². The van der Waals surface area contributed by atoms with E-state index < -0.39 is 22.2 Å². The predicted molar refractivity (Wildman–Crippen MR) is 108 cm³/mol. The Morgan fingerprint density at radius 3 is 2.20 bits per heavy atom. The van der Waals surface area contributed by atoms with Crippen LogP contribution in [0, 0.1) is 0 Å². The van der Waals surface area contributed by atoms with E-state index in [9.17, 15) is 0 Å². The summed E-state index contributed by atoms with van der Waals surface area (Å²) in [6.45, 7) is 22.7. The van der Waals surface area contributed by atoms with Crippen molar-refractivity contribution in [2.45, 2.75) is 90.4 Å². The predicted octanol–water partition coefficient (Wildman–Crippen LogP) is 5.04. The minimum Gasteiger partial charge on any atom is -0.474 e. The van der Waals surface area contributed by atoms with Crippen molar-refractivity contribution in [1.29, 1.82) is 0 Å². The molecule has 1 aliphatic heterocycles. The summed E-state index contributed by atoms with van der Waals surface area (Å²) >= 11 is 0. The van der Waals surface area contributed by atoms with Gasteiger partial charge in [0, 0.05) is 5.56 Å². The van der Waals surface area contributed by atoms with Crippen molar-refractivity contribution < 1.29 is 18.3 Å². The molecule has 1 aliphatic rings. The molecule has 25 heavy (non-hydrogen) atoms. The molecule has 2 rings (SSSR count). The highest BCUT2D eigenvalue weighted by Gasteiger charge is 2.46. The molecule has 0 radical (unpaired) electrons. The highest BCUT2D eigenvalue weighted by atomic mass is 28.4. The Hall–Kier alpha value is -0.406. The molecule has 144 valence electrons. The number of rotatable bonds is 5. The molecule has 0 aliphatic carbocycles. The van der Waals surface area contributed by atoms with E-state index in [0.29, 0.717) is 6.61 Å². The second kappa shape index (κ2) is 6.64. The third kappa shape index (κ3) is 4.66. The van der Waals surface area contributed by atoms with Crippen LogP contribution in [-0.2, 0) is 13.9 Å². The molecule has 0 aromatic carbocycles. The van der Waals surface area contributed by atoms with E-state index in [1.807, 2.05) is 13.8 Å². The zero-order chi connectivity index (χ0) is 19.3. The van der Waals surface area contributed by atoms with E-state index in [2.05, 4.69) is 59.6 Å². The second-order valence-corrected chi connectivity index (χ2v) is 19.8. The molecule has 4 nitrogen and oxygen atoms in total. The van der Waals surface area contributed by atoms with Gasteiger partial charge in [0.15, 0.2) is 14.1 Å². The first-order valence-corrected chi connectivity index (χ1v) is 15.6. The molecule has 2 heterocycles. The van der Waals surface area contributed by atoms with E-state index in [0.717, 1.165) is 10.9 Å². The van der Waals surface area contributed by atoms with E-state index in [-0.39, 0.29) is 17.2 Å². The van der Waals surface area contributed by atoms with Crippen molar-refractivity contribution >= 4 is 21.8 Å². The lowest BCUT2D eigenvalue weighted by molar-refractivity contribution is -0.150. The summed E-state index contributed by atoms with van der Waals surface area (Å²) in [6.07, 6.45) is 1.53. The quantitative estimate of drug-likeness (QED) is 0.667. The number of ether oxygens (including phenoxy) is 2. The van der Waals surface area contributed by atoms with Gasteiger partial charge < -0.3 is 18.3 Å². The number of furan rings is 1. The minimum absolute atomic E-state index is 0.114. The molecule has 1 aromatic rings. The lowest BCUT2D eigenvalue weighted by Gasteiger charge is -2.41. The van der Waals surface area contributed by atoms with Gasteiger partial charge in [0.1, 0.15) is 20.3 Å². The SMILES string of the molecule is CC1(C)OC[C@H]([C@H](O[Si](C)(C)C(C)(C)C)c2ccoc2[Si](C)(C)C)O1. The van der Waals surface area contributed by atoms with Crippen molar-refractivity contribution in [3.63, 3.8) is 0 Å². The largest absolute Gasteiger partial charge is 0.474 e. The Bertz CT molecular complexity index is 593. The fourth-order valence-electron chi connectivity index (χ4n) is 2.85. The minimum atomic E-state index is -1.98. The van der Waals surface area contributed by atoms with Gasteiger partial charge in [-0.05, 0) is 38.0 Å². The van der Waals surface area contributed by atoms with Gasteiger partial charge in [-0.2, -0.15) is 0 Å². The Kier molecular flexibility index (Phi) is 5.55. The average Bonchev–Trinajstić information content (AvgIpc) is 3.00. The molecule has 0 N–H and O–H groups in total. The van der Waals surface area contributed by atoms with E-state index in [1.54, 1.807) is 6.26 Å². The normalized spacial score (nSPS) is 23.0.